The molecule has 0 atom stereocenters. The molecule has 1 saturated heterocycles. The summed E-state index contributed by atoms with van der Waals surface area (Å²) >= 11 is 0. The Morgan fingerprint density at radius 3 is 2.44 bits per heavy atom. The molecule has 0 unspecified atom stereocenters. The number of urea groups is 1. The summed E-state index contributed by atoms with van der Waals surface area (Å²) in [5.41, 5.74) is 7.01. The van der Waals surface area contributed by atoms with Crippen LogP contribution in [-0.2, 0) is 11.3 Å². The maximum Gasteiger partial charge on any atom is 0.324 e. The van der Waals surface area contributed by atoms with Crippen LogP contribution in [0.2, 0.25) is 0 Å². The molecule has 3 aromatic carbocycles. The molecule has 1 fully saturated rings. The monoisotopic (exact) mass is 487 g/mol. The number of hydroxylamine groups is 1. The van der Waals surface area contributed by atoms with Gasteiger partial charge in [0.05, 0.1) is 19.8 Å². The number of ether oxygens (including phenoxy) is 1. The van der Waals surface area contributed by atoms with Gasteiger partial charge in [0.1, 0.15) is 0 Å². The molecule has 0 radical (unpaired) electrons. The number of nitrogens with zero attached hydrogens (tertiary/aromatic N) is 2. The number of hydrogen-bond donors (Lipinski definition) is 4. The maximum absolute atomic E-state index is 13.6. The van der Waals surface area contributed by atoms with Gasteiger partial charge in [-0.2, -0.15) is 0 Å². The third-order valence-corrected chi connectivity index (χ3v) is 6.14. The lowest BCUT2D eigenvalue weighted by Gasteiger charge is -2.33. The molecular formula is C27H29N5O4. The second-order valence-electron chi connectivity index (χ2n) is 8.35. The van der Waals surface area contributed by atoms with Gasteiger partial charge in [-0.1, -0.05) is 30.3 Å². The fourth-order valence-corrected chi connectivity index (χ4v) is 4.15. The van der Waals surface area contributed by atoms with E-state index in [1.165, 1.54) is 6.21 Å². The predicted octanol–water partition coefficient (Wildman–Crippen LogP) is 3.97. The molecular weight excluding hydrogens is 458 g/mol. The van der Waals surface area contributed by atoms with E-state index in [4.69, 9.17) is 15.4 Å². The van der Waals surface area contributed by atoms with E-state index in [0.29, 0.717) is 38.4 Å². The van der Waals surface area contributed by atoms with Gasteiger partial charge in [-0.3, -0.25) is 14.9 Å². The number of hydrogen-bond acceptors (Lipinski definition) is 6. The fourth-order valence-electron chi connectivity index (χ4n) is 4.15. The zero-order valence-electron chi connectivity index (χ0n) is 20.0. The maximum atomic E-state index is 13.6. The van der Waals surface area contributed by atoms with Gasteiger partial charge < -0.3 is 20.4 Å². The van der Waals surface area contributed by atoms with Gasteiger partial charge in [0.25, 0.3) is 5.91 Å². The molecule has 0 spiro atoms. The first-order chi connectivity index (χ1) is 17.5. The average Bonchev–Trinajstić information content (AvgIpc) is 2.95. The molecule has 0 saturated carbocycles. The van der Waals surface area contributed by atoms with E-state index in [1.54, 1.807) is 39.5 Å². The van der Waals surface area contributed by atoms with Crippen LogP contribution in [0.5, 0.6) is 0 Å². The number of nitrogens with one attached hydrogen (secondary N) is 3. The van der Waals surface area contributed by atoms with E-state index in [-0.39, 0.29) is 6.03 Å². The highest BCUT2D eigenvalue weighted by atomic mass is 16.5. The van der Waals surface area contributed by atoms with Crippen molar-refractivity contribution in [3.63, 3.8) is 0 Å². The van der Waals surface area contributed by atoms with E-state index in [2.05, 4.69) is 5.32 Å². The molecule has 36 heavy (non-hydrogen) atoms. The van der Waals surface area contributed by atoms with Crippen LogP contribution in [-0.4, -0.2) is 61.6 Å². The van der Waals surface area contributed by atoms with Gasteiger partial charge in [0.2, 0.25) is 0 Å². The highest BCUT2D eigenvalue weighted by molar-refractivity contribution is 5.94. The fraction of sp³-hybridized carbons (Fsp3) is 0.222. The summed E-state index contributed by atoms with van der Waals surface area (Å²) in [6.07, 6.45) is 1.31. The Hall–Kier alpha value is -4.21. The van der Waals surface area contributed by atoms with Gasteiger partial charge in [-0.05, 0) is 53.1 Å². The van der Waals surface area contributed by atoms with Crippen LogP contribution in [0.1, 0.15) is 21.5 Å². The third kappa shape index (κ3) is 5.54. The topological polar surface area (TPSA) is 118 Å². The van der Waals surface area contributed by atoms with Crippen LogP contribution >= 0.6 is 0 Å². The van der Waals surface area contributed by atoms with E-state index < -0.39 is 5.91 Å². The molecule has 4 rings (SSSR count). The van der Waals surface area contributed by atoms with Crippen LogP contribution in [0.25, 0.3) is 11.1 Å². The molecule has 4 N–H and O–H groups in total. The summed E-state index contributed by atoms with van der Waals surface area (Å²) in [7, 11) is 1.82. The molecule has 0 aliphatic carbocycles. The quantitative estimate of drug-likeness (QED) is 0.229. The summed E-state index contributed by atoms with van der Waals surface area (Å²) in [5.74, 6) is -0.593. The number of carbonyl (C=O) groups is 2. The molecule has 0 bridgehead atoms. The first kappa shape index (κ1) is 24.9. The van der Waals surface area contributed by atoms with Crippen LogP contribution in [0.3, 0.4) is 0 Å². The summed E-state index contributed by atoms with van der Waals surface area (Å²) in [4.78, 5) is 28.8. The van der Waals surface area contributed by atoms with Crippen molar-refractivity contribution in [3.05, 3.63) is 83.4 Å². The standard InChI is InChI=1S/C27H29N5O4/c1-29-25-10-9-22(15-23(25)17-28)21-3-2-4-24(16-21)32(27(34)31-11-13-36-14-12-31)18-19-5-7-20(8-6-19)26(33)30-35/h2-10,15-17,28-29,35H,11-14,18H2,1H3,(H,30,33). The predicted molar refractivity (Wildman–Crippen MR) is 139 cm³/mol. The summed E-state index contributed by atoms with van der Waals surface area (Å²) in [5, 5.41) is 19.7. The first-order valence-corrected chi connectivity index (χ1v) is 11.6. The highest BCUT2D eigenvalue weighted by Crippen LogP contribution is 2.29. The Bertz CT molecular complexity index is 1240. The van der Waals surface area contributed by atoms with Crippen LogP contribution < -0.4 is 15.7 Å². The van der Waals surface area contributed by atoms with Crippen molar-refractivity contribution in [1.82, 2.24) is 10.4 Å². The Balaban J connectivity index is 1.68. The minimum Gasteiger partial charge on any atom is -0.388 e. The van der Waals surface area contributed by atoms with Gasteiger partial charge in [-0.25, -0.2) is 10.3 Å². The van der Waals surface area contributed by atoms with Gasteiger partial charge in [0.15, 0.2) is 0 Å². The van der Waals surface area contributed by atoms with Crippen LogP contribution in [0.4, 0.5) is 16.2 Å². The normalized spacial score (nSPS) is 13.1. The summed E-state index contributed by atoms with van der Waals surface area (Å²) < 4.78 is 5.42. The van der Waals surface area contributed by atoms with Crippen molar-refractivity contribution in [3.8, 4) is 11.1 Å². The molecule has 9 nitrogen and oxygen atoms in total. The number of rotatable bonds is 7. The average molecular weight is 488 g/mol. The van der Waals surface area contributed by atoms with E-state index in [0.717, 1.165) is 33.6 Å². The number of amides is 3. The van der Waals surface area contributed by atoms with Gasteiger partial charge >= 0.3 is 6.03 Å². The Kier molecular flexibility index (Phi) is 7.94. The lowest BCUT2D eigenvalue weighted by Crippen LogP contribution is -2.48. The lowest BCUT2D eigenvalue weighted by atomic mass is 10.0. The smallest absolute Gasteiger partial charge is 0.324 e. The summed E-state index contributed by atoms with van der Waals surface area (Å²) in [6.45, 7) is 2.31. The van der Waals surface area contributed by atoms with Crippen molar-refractivity contribution >= 4 is 29.5 Å². The van der Waals surface area contributed by atoms with E-state index in [9.17, 15) is 9.59 Å². The molecule has 3 aromatic rings. The van der Waals surface area contributed by atoms with Crippen molar-refractivity contribution in [2.75, 3.05) is 43.6 Å². The zero-order chi connectivity index (χ0) is 25.5. The van der Waals surface area contributed by atoms with Crippen molar-refractivity contribution in [1.29, 1.82) is 5.41 Å². The number of carbonyl (C=O) groups excluding carboxylic acids is 2. The van der Waals surface area contributed by atoms with Crippen molar-refractivity contribution < 1.29 is 19.5 Å². The van der Waals surface area contributed by atoms with E-state index >= 15 is 0 Å². The molecule has 1 aliphatic rings. The molecule has 186 valence electrons. The zero-order valence-corrected chi connectivity index (χ0v) is 20.0. The highest BCUT2D eigenvalue weighted by Gasteiger charge is 2.25. The Morgan fingerprint density at radius 1 is 1.06 bits per heavy atom. The third-order valence-electron chi connectivity index (χ3n) is 6.14. The molecule has 3 amide bonds. The van der Waals surface area contributed by atoms with Crippen LogP contribution in [0.15, 0.2) is 66.7 Å². The van der Waals surface area contributed by atoms with Crippen LogP contribution in [0, 0.1) is 5.41 Å². The largest absolute Gasteiger partial charge is 0.388 e. The second-order valence-corrected chi connectivity index (χ2v) is 8.35. The van der Waals surface area contributed by atoms with E-state index in [1.807, 2.05) is 49.5 Å². The first-order valence-electron chi connectivity index (χ1n) is 11.6. The number of benzene rings is 3. The Morgan fingerprint density at radius 2 is 1.78 bits per heavy atom. The SMILES string of the molecule is CNc1ccc(-c2cccc(N(Cc3ccc(C(=O)NO)cc3)C(=O)N3CCOCC3)c2)cc1C=N. The number of anilines is 2. The van der Waals surface area contributed by atoms with Crippen molar-refractivity contribution in [2.24, 2.45) is 0 Å². The van der Waals surface area contributed by atoms with Gasteiger partial charge in [0, 0.05) is 48.9 Å². The lowest BCUT2D eigenvalue weighted by molar-refractivity contribution is 0.0548. The van der Waals surface area contributed by atoms with Gasteiger partial charge in [-0.15, -0.1) is 0 Å². The van der Waals surface area contributed by atoms with Crippen molar-refractivity contribution in [2.45, 2.75) is 6.54 Å². The molecule has 1 aliphatic heterocycles. The number of morpholine rings is 1. The molecule has 0 aromatic heterocycles. The molecule has 1 heterocycles. The molecule has 9 heteroatoms. The Labute approximate surface area is 209 Å². The minimum atomic E-state index is -0.593. The summed E-state index contributed by atoms with van der Waals surface area (Å²) in [6, 6.07) is 20.2. The minimum absolute atomic E-state index is 0.127. The second kappa shape index (κ2) is 11.5.